The molecule has 1 N–H and O–H groups in total. The van der Waals surface area contributed by atoms with Gasteiger partial charge in [-0.2, -0.15) is 0 Å². The predicted octanol–water partition coefficient (Wildman–Crippen LogP) is 5.09. The molecule has 8 nitrogen and oxygen atoms in total. The van der Waals surface area contributed by atoms with E-state index in [1.165, 1.54) is 11.8 Å². The highest BCUT2D eigenvalue weighted by Gasteiger charge is 2.23. The second-order valence-corrected chi connectivity index (χ2v) is 9.55. The third-order valence-electron chi connectivity index (χ3n) is 6.07. The summed E-state index contributed by atoms with van der Waals surface area (Å²) < 4.78 is 13.2. The molecule has 1 atom stereocenters. The number of carbonyl (C=O) groups is 1. The Morgan fingerprint density at radius 2 is 1.70 bits per heavy atom. The van der Waals surface area contributed by atoms with Gasteiger partial charge < -0.3 is 9.47 Å². The van der Waals surface area contributed by atoms with Crippen molar-refractivity contribution in [1.82, 2.24) is 20.2 Å². The number of nitrogens with one attached hydrogen (secondary N) is 1. The fourth-order valence-electron chi connectivity index (χ4n) is 4.23. The Bertz CT molecular complexity index is 1250. The number of methoxy groups -OCH3 is 1. The molecule has 9 heteroatoms. The molecule has 0 spiro atoms. The van der Waals surface area contributed by atoms with Gasteiger partial charge in [-0.15, -0.1) is 10.2 Å². The molecule has 1 aliphatic heterocycles. The van der Waals surface area contributed by atoms with Crippen molar-refractivity contribution in [3.8, 4) is 17.1 Å². The normalized spacial score (nSPS) is 14.9. The summed E-state index contributed by atoms with van der Waals surface area (Å²) in [5.74, 6) is 1.57. The van der Waals surface area contributed by atoms with Gasteiger partial charge >= 0.3 is 0 Å². The zero-order valence-corrected chi connectivity index (χ0v) is 21.4. The van der Waals surface area contributed by atoms with E-state index in [4.69, 9.17) is 9.47 Å². The standard InChI is InChI=1S/C28H29N5O3S/c1-35-24-16-14-21(15-17-24)27-29-30-28(32(27)19-25-13-8-18-36-25)37-20-26(34)31-33(22-9-4-2-5-10-22)23-11-6-3-7-12-23/h2-7,9-12,14-17,25H,8,13,18-20H2,1H3,(H,31,34)/t25-/m0/s1. The van der Waals surface area contributed by atoms with Crippen LogP contribution in [-0.2, 0) is 16.1 Å². The molecule has 0 aliphatic carbocycles. The average molecular weight is 516 g/mol. The number of hydrogen-bond donors (Lipinski definition) is 1. The lowest BCUT2D eigenvalue weighted by atomic mass is 10.2. The van der Waals surface area contributed by atoms with Crippen LogP contribution in [0, 0.1) is 0 Å². The summed E-state index contributed by atoms with van der Waals surface area (Å²) in [7, 11) is 1.64. The van der Waals surface area contributed by atoms with Crippen LogP contribution >= 0.6 is 11.8 Å². The molecule has 2 heterocycles. The molecule has 37 heavy (non-hydrogen) atoms. The maximum absolute atomic E-state index is 13.1. The van der Waals surface area contributed by atoms with Gasteiger partial charge in [0.2, 0.25) is 5.91 Å². The minimum atomic E-state index is -0.143. The van der Waals surface area contributed by atoms with Crippen LogP contribution in [0.25, 0.3) is 11.4 Å². The van der Waals surface area contributed by atoms with Crippen molar-refractivity contribution in [2.45, 2.75) is 30.6 Å². The van der Waals surface area contributed by atoms with Crippen molar-refractivity contribution in [2.75, 3.05) is 24.5 Å². The lowest BCUT2D eigenvalue weighted by Crippen LogP contribution is -2.40. The average Bonchev–Trinajstić information content (AvgIpc) is 3.62. The van der Waals surface area contributed by atoms with Gasteiger partial charge in [0.15, 0.2) is 11.0 Å². The SMILES string of the molecule is COc1ccc(-c2nnc(SCC(=O)NN(c3ccccc3)c3ccccc3)n2C[C@@H]2CCCO2)cc1. The molecule has 1 saturated heterocycles. The van der Waals surface area contributed by atoms with Gasteiger partial charge in [0, 0.05) is 12.2 Å². The summed E-state index contributed by atoms with van der Waals surface area (Å²) in [5, 5.41) is 11.4. The molecule has 0 unspecified atom stereocenters. The number of ether oxygens (including phenoxy) is 2. The first-order valence-electron chi connectivity index (χ1n) is 12.2. The first-order chi connectivity index (χ1) is 18.2. The number of rotatable bonds is 10. The van der Waals surface area contributed by atoms with E-state index < -0.39 is 0 Å². The Hall–Kier alpha value is -3.82. The molecule has 0 bridgehead atoms. The number of hydrogen-bond acceptors (Lipinski definition) is 7. The molecule has 0 radical (unpaired) electrons. The second-order valence-electron chi connectivity index (χ2n) is 8.61. The minimum absolute atomic E-state index is 0.104. The van der Waals surface area contributed by atoms with Gasteiger partial charge in [-0.3, -0.25) is 19.8 Å². The molecule has 1 amide bonds. The van der Waals surface area contributed by atoms with Gasteiger partial charge in [0.05, 0.1) is 36.9 Å². The summed E-state index contributed by atoms with van der Waals surface area (Å²) in [6.45, 7) is 1.41. The molecule has 4 aromatic rings. The van der Waals surface area contributed by atoms with Gasteiger partial charge in [0.1, 0.15) is 5.75 Å². The van der Waals surface area contributed by atoms with Crippen molar-refractivity contribution in [1.29, 1.82) is 0 Å². The number of aromatic nitrogens is 3. The van der Waals surface area contributed by atoms with Gasteiger partial charge in [0.25, 0.3) is 0 Å². The zero-order chi connectivity index (χ0) is 25.5. The number of nitrogens with zero attached hydrogens (tertiary/aromatic N) is 4. The fraction of sp³-hybridized carbons (Fsp3) is 0.250. The number of para-hydroxylation sites is 2. The molecule has 5 rings (SSSR count). The quantitative estimate of drug-likeness (QED) is 0.233. The van der Waals surface area contributed by atoms with Crippen LogP contribution in [0.3, 0.4) is 0 Å². The first kappa shape index (κ1) is 24.9. The van der Waals surface area contributed by atoms with Crippen LogP contribution in [0.5, 0.6) is 5.75 Å². The molecule has 1 aliphatic rings. The Kier molecular flexibility index (Phi) is 8.02. The number of amides is 1. The van der Waals surface area contributed by atoms with Crippen molar-refractivity contribution in [3.05, 3.63) is 84.9 Å². The molecular weight excluding hydrogens is 486 g/mol. The topological polar surface area (TPSA) is 81.5 Å². The lowest BCUT2D eigenvalue weighted by Gasteiger charge is -2.25. The monoisotopic (exact) mass is 515 g/mol. The Morgan fingerprint density at radius 3 is 2.30 bits per heavy atom. The predicted molar refractivity (Wildman–Crippen MR) is 145 cm³/mol. The number of anilines is 2. The maximum Gasteiger partial charge on any atom is 0.249 e. The van der Waals surface area contributed by atoms with E-state index in [9.17, 15) is 4.79 Å². The minimum Gasteiger partial charge on any atom is -0.497 e. The van der Waals surface area contributed by atoms with E-state index >= 15 is 0 Å². The maximum atomic E-state index is 13.1. The van der Waals surface area contributed by atoms with Crippen LogP contribution in [0.2, 0.25) is 0 Å². The lowest BCUT2D eigenvalue weighted by molar-refractivity contribution is -0.118. The number of thioether (sulfide) groups is 1. The van der Waals surface area contributed by atoms with Crippen LogP contribution in [0.4, 0.5) is 11.4 Å². The number of carbonyl (C=O) groups excluding carboxylic acids is 1. The highest BCUT2D eigenvalue weighted by Crippen LogP contribution is 2.28. The van der Waals surface area contributed by atoms with E-state index in [0.717, 1.165) is 48.0 Å². The van der Waals surface area contributed by atoms with Crippen molar-refractivity contribution < 1.29 is 14.3 Å². The summed E-state index contributed by atoms with van der Waals surface area (Å²) in [4.78, 5) is 13.1. The molecule has 0 saturated carbocycles. The van der Waals surface area contributed by atoms with Gasteiger partial charge in [-0.25, -0.2) is 0 Å². The fourth-order valence-corrected chi connectivity index (χ4v) is 4.97. The van der Waals surface area contributed by atoms with E-state index in [2.05, 4.69) is 20.2 Å². The van der Waals surface area contributed by atoms with E-state index in [1.807, 2.05) is 84.9 Å². The largest absolute Gasteiger partial charge is 0.497 e. The second kappa shape index (κ2) is 11.9. The third-order valence-corrected chi connectivity index (χ3v) is 7.04. The molecular formula is C28H29N5O3S. The Balaban J connectivity index is 1.33. The van der Waals surface area contributed by atoms with Crippen LogP contribution < -0.4 is 15.2 Å². The highest BCUT2D eigenvalue weighted by atomic mass is 32.2. The summed E-state index contributed by atoms with van der Waals surface area (Å²) in [6, 6.07) is 27.3. The number of benzene rings is 3. The smallest absolute Gasteiger partial charge is 0.249 e. The third kappa shape index (κ3) is 6.12. The van der Waals surface area contributed by atoms with E-state index in [1.54, 1.807) is 12.1 Å². The van der Waals surface area contributed by atoms with Crippen LogP contribution in [0.1, 0.15) is 12.8 Å². The zero-order valence-electron chi connectivity index (χ0n) is 20.6. The first-order valence-corrected chi connectivity index (χ1v) is 13.2. The van der Waals surface area contributed by atoms with Crippen molar-refractivity contribution in [2.24, 2.45) is 0 Å². The van der Waals surface area contributed by atoms with Crippen molar-refractivity contribution >= 4 is 29.0 Å². The molecule has 1 fully saturated rings. The number of hydrazine groups is 1. The molecule has 190 valence electrons. The van der Waals surface area contributed by atoms with Crippen LogP contribution in [-0.4, -0.2) is 46.2 Å². The Morgan fingerprint density at radius 1 is 1.03 bits per heavy atom. The van der Waals surface area contributed by atoms with Gasteiger partial charge in [-0.05, 0) is 61.4 Å². The Labute approximate surface area is 220 Å². The molecule has 1 aromatic heterocycles. The summed E-state index contributed by atoms with van der Waals surface area (Å²) in [5.41, 5.74) is 5.71. The van der Waals surface area contributed by atoms with E-state index in [0.29, 0.717) is 11.7 Å². The highest BCUT2D eigenvalue weighted by molar-refractivity contribution is 7.99. The van der Waals surface area contributed by atoms with Crippen LogP contribution in [0.15, 0.2) is 90.1 Å². The molecule has 3 aromatic carbocycles. The summed E-state index contributed by atoms with van der Waals surface area (Å²) >= 11 is 1.36. The van der Waals surface area contributed by atoms with Crippen molar-refractivity contribution in [3.63, 3.8) is 0 Å². The van der Waals surface area contributed by atoms with E-state index in [-0.39, 0.29) is 17.8 Å². The van der Waals surface area contributed by atoms with Gasteiger partial charge in [-0.1, -0.05) is 48.2 Å². The summed E-state index contributed by atoms with van der Waals surface area (Å²) in [6.07, 6.45) is 2.14.